The quantitative estimate of drug-likeness (QED) is 0.355. The number of ether oxygens (including phenoxy) is 1. The highest BCUT2D eigenvalue weighted by molar-refractivity contribution is 5.74. The van der Waals surface area contributed by atoms with Gasteiger partial charge in [0.15, 0.2) is 0 Å². The van der Waals surface area contributed by atoms with Crippen LogP contribution in [0.4, 0.5) is 23.7 Å². The van der Waals surface area contributed by atoms with Gasteiger partial charge in [0.25, 0.3) is 0 Å². The van der Waals surface area contributed by atoms with E-state index in [9.17, 15) is 18.0 Å². The molecule has 3 aromatic carbocycles. The van der Waals surface area contributed by atoms with Gasteiger partial charge in [0.2, 0.25) is 0 Å². The van der Waals surface area contributed by atoms with Crippen molar-refractivity contribution in [2.45, 2.75) is 58.5 Å². The largest absolute Gasteiger partial charge is 0.439 e. The summed E-state index contributed by atoms with van der Waals surface area (Å²) in [6.45, 7) is 7.87. The second kappa shape index (κ2) is 9.77. The van der Waals surface area contributed by atoms with Gasteiger partial charge >= 0.3 is 12.3 Å². The van der Waals surface area contributed by atoms with Crippen LogP contribution in [-0.4, -0.2) is 30.1 Å². The second-order valence-electron chi connectivity index (χ2n) is 10.2. The van der Waals surface area contributed by atoms with E-state index in [1.807, 2.05) is 13.8 Å². The molecule has 0 spiro atoms. The van der Waals surface area contributed by atoms with Crippen molar-refractivity contribution in [1.29, 1.82) is 0 Å². The summed E-state index contributed by atoms with van der Waals surface area (Å²) in [6, 6.07) is 18.1. The maximum absolute atomic E-state index is 13.4. The molecular formula is C30H31F3N2O2. The standard InChI is InChI=1S/C30H31F3N2O2/c1-19-9-10-27(22-7-6-8-26(17-22)34-11-4-5-12-34)24(13-19)18-35-21(3)28(37-29(35)36)23-14-20(2)15-25(16-23)30(31,32)33/h6-10,13-17,21,28H,4-5,11-12,18H2,1-3H3/t21-,28-/m0/s1. The number of alkyl halides is 3. The molecule has 37 heavy (non-hydrogen) atoms. The van der Waals surface area contributed by atoms with Gasteiger partial charge in [-0.2, -0.15) is 13.2 Å². The Morgan fingerprint density at radius 3 is 2.43 bits per heavy atom. The Balaban J connectivity index is 1.44. The first kappa shape index (κ1) is 25.2. The fraction of sp³-hybridized carbons (Fsp3) is 0.367. The monoisotopic (exact) mass is 508 g/mol. The van der Waals surface area contributed by atoms with Crippen LogP contribution in [0.25, 0.3) is 11.1 Å². The summed E-state index contributed by atoms with van der Waals surface area (Å²) >= 11 is 0. The van der Waals surface area contributed by atoms with E-state index in [0.29, 0.717) is 17.7 Å². The predicted molar refractivity (Wildman–Crippen MR) is 138 cm³/mol. The molecule has 2 atom stereocenters. The van der Waals surface area contributed by atoms with E-state index in [1.54, 1.807) is 17.9 Å². The van der Waals surface area contributed by atoms with E-state index in [4.69, 9.17) is 4.74 Å². The number of amides is 1. The van der Waals surface area contributed by atoms with Crippen LogP contribution in [0.2, 0.25) is 0 Å². The van der Waals surface area contributed by atoms with Crippen molar-refractivity contribution in [1.82, 2.24) is 4.90 Å². The van der Waals surface area contributed by atoms with Crippen molar-refractivity contribution in [2.24, 2.45) is 0 Å². The molecule has 2 heterocycles. The predicted octanol–water partition coefficient (Wildman–Crippen LogP) is 7.67. The van der Waals surface area contributed by atoms with Gasteiger partial charge in [0.05, 0.1) is 18.2 Å². The lowest BCUT2D eigenvalue weighted by Gasteiger charge is -2.24. The van der Waals surface area contributed by atoms with Crippen LogP contribution >= 0.6 is 0 Å². The number of benzene rings is 3. The van der Waals surface area contributed by atoms with Crippen LogP contribution in [0.3, 0.4) is 0 Å². The van der Waals surface area contributed by atoms with Gasteiger partial charge in [-0.3, -0.25) is 4.90 Å². The van der Waals surface area contributed by atoms with Gasteiger partial charge in [-0.25, -0.2) is 4.79 Å². The van der Waals surface area contributed by atoms with E-state index in [-0.39, 0.29) is 0 Å². The van der Waals surface area contributed by atoms with Crippen LogP contribution in [0.15, 0.2) is 60.7 Å². The lowest BCUT2D eigenvalue weighted by Crippen LogP contribution is -2.31. The summed E-state index contributed by atoms with van der Waals surface area (Å²) < 4.78 is 45.9. The van der Waals surface area contributed by atoms with Gasteiger partial charge in [0.1, 0.15) is 6.10 Å². The van der Waals surface area contributed by atoms with Gasteiger partial charge in [-0.05, 0) is 80.1 Å². The third kappa shape index (κ3) is 5.17. The van der Waals surface area contributed by atoms with Crippen molar-refractivity contribution >= 4 is 11.8 Å². The highest BCUT2D eigenvalue weighted by Crippen LogP contribution is 2.39. The first-order valence-corrected chi connectivity index (χ1v) is 12.7. The molecule has 0 bridgehead atoms. The summed E-state index contributed by atoms with van der Waals surface area (Å²) in [5.74, 6) is 0. The molecule has 0 aliphatic carbocycles. The minimum Gasteiger partial charge on any atom is -0.439 e. The average molecular weight is 509 g/mol. The van der Waals surface area contributed by atoms with Gasteiger partial charge in [-0.15, -0.1) is 0 Å². The maximum atomic E-state index is 13.4. The van der Waals surface area contributed by atoms with E-state index >= 15 is 0 Å². The number of cyclic esters (lactones) is 1. The van der Waals surface area contributed by atoms with Crippen molar-refractivity contribution in [3.05, 3.63) is 88.5 Å². The molecule has 194 valence electrons. The molecule has 5 rings (SSSR count). The Hall–Kier alpha value is -3.48. The molecule has 4 nitrogen and oxygen atoms in total. The molecule has 1 amide bonds. The molecule has 0 saturated carbocycles. The molecule has 7 heteroatoms. The van der Waals surface area contributed by atoms with Crippen LogP contribution in [0, 0.1) is 13.8 Å². The number of rotatable bonds is 5. The first-order valence-electron chi connectivity index (χ1n) is 12.7. The SMILES string of the molecule is Cc1cc([C@H]2OC(=O)N(Cc3cc(C)ccc3-c3cccc(N4CCCC4)c3)[C@H]2C)cc(C(F)(F)F)c1. The molecule has 0 N–H and O–H groups in total. The second-order valence-corrected chi connectivity index (χ2v) is 10.2. The Bertz CT molecular complexity index is 1310. The molecule has 0 radical (unpaired) electrons. The van der Waals surface area contributed by atoms with Crippen LogP contribution in [0.5, 0.6) is 0 Å². The molecule has 2 saturated heterocycles. The van der Waals surface area contributed by atoms with E-state index in [1.165, 1.54) is 18.5 Å². The van der Waals surface area contributed by atoms with Crippen LogP contribution in [-0.2, 0) is 17.5 Å². The minimum atomic E-state index is -4.47. The third-order valence-corrected chi connectivity index (χ3v) is 7.38. The number of anilines is 1. The minimum absolute atomic E-state index is 0.305. The molecule has 2 aliphatic rings. The zero-order valence-corrected chi connectivity index (χ0v) is 21.3. The number of aryl methyl sites for hydroxylation is 2. The van der Waals surface area contributed by atoms with E-state index in [2.05, 4.69) is 47.4 Å². The molecule has 0 unspecified atom stereocenters. The Morgan fingerprint density at radius 2 is 1.70 bits per heavy atom. The fourth-order valence-corrected chi connectivity index (χ4v) is 5.46. The van der Waals surface area contributed by atoms with Gasteiger partial charge in [-0.1, -0.05) is 47.5 Å². The Kier molecular flexibility index (Phi) is 6.65. The van der Waals surface area contributed by atoms with Crippen molar-refractivity contribution in [3.8, 4) is 11.1 Å². The van der Waals surface area contributed by atoms with Crippen molar-refractivity contribution < 1.29 is 22.7 Å². The summed E-state index contributed by atoms with van der Waals surface area (Å²) in [7, 11) is 0. The number of nitrogens with zero attached hydrogens (tertiary/aromatic N) is 2. The number of hydrogen-bond acceptors (Lipinski definition) is 3. The molecule has 0 aromatic heterocycles. The zero-order chi connectivity index (χ0) is 26.3. The smallest absolute Gasteiger partial charge is 0.416 e. The highest BCUT2D eigenvalue weighted by atomic mass is 19.4. The third-order valence-electron chi connectivity index (χ3n) is 7.38. The lowest BCUT2D eigenvalue weighted by molar-refractivity contribution is -0.137. The lowest BCUT2D eigenvalue weighted by atomic mass is 9.95. The number of carbonyl (C=O) groups excluding carboxylic acids is 1. The molecular weight excluding hydrogens is 477 g/mol. The van der Waals surface area contributed by atoms with E-state index in [0.717, 1.165) is 47.5 Å². The maximum Gasteiger partial charge on any atom is 0.416 e. The summed E-state index contributed by atoms with van der Waals surface area (Å²) in [4.78, 5) is 17.0. The Morgan fingerprint density at radius 1 is 0.946 bits per heavy atom. The summed E-state index contributed by atoms with van der Waals surface area (Å²) in [6.07, 6.45) is -3.37. The van der Waals surface area contributed by atoms with Gasteiger partial charge < -0.3 is 9.64 Å². The van der Waals surface area contributed by atoms with Crippen molar-refractivity contribution in [2.75, 3.05) is 18.0 Å². The average Bonchev–Trinajstić information content (AvgIpc) is 3.48. The molecule has 2 aliphatic heterocycles. The fourth-order valence-electron chi connectivity index (χ4n) is 5.46. The van der Waals surface area contributed by atoms with Crippen molar-refractivity contribution in [3.63, 3.8) is 0 Å². The summed E-state index contributed by atoms with van der Waals surface area (Å²) in [5.41, 5.74) is 5.44. The van der Waals surface area contributed by atoms with Crippen LogP contribution < -0.4 is 4.90 Å². The summed E-state index contributed by atoms with van der Waals surface area (Å²) in [5, 5.41) is 0. The zero-order valence-electron chi connectivity index (χ0n) is 21.3. The topological polar surface area (TPSA) is 32.8 Å². The number of hydrogen-bond donors (Lipinski definition) is 0. The van der Waals surface area contributed by atoms with Crippen LogP contribution in [0.1, 0.15) is 53.7 Å². The normalized spacial score (nSPS) is 20.0. The van der Waals surface area contributed by atoms with E-state index < -0.39 is 30.0 Å². The molecule has 2 fully saturated rings. The van der Waals surface area contributed by atoms with Gasteiger partial charge in [0, 0.05) is 18.8 Å². The Labute approximate surface area is 215 Å². The first-order chi connectivity index (χ1) is 17.6. The molecule has 3 aromatic rings. The number of carbonyl (C=O) groups is 1. The number of halogens is 3. The highest BCUT2D eigenvalue weighted by Gasteiger charge is 2.41.